The molecule has 2 aromatic carbocycles. The van der Waals surface area contributed by atoms with E-state index in [1.54, 1.807) is 18.2 Å². The van der Waals surface area contributed by atoms with Crippen molar-refractivity contribution in [3.8, 4) is 5.75 Å². The molecule has 148 valence electrons. The summed E-state index contributed by atoms with van der Waals surface area (Å²) in [7, 11) is -3.60. The fourth-order valence-electron chi connectivity index (χ4n) is 3.45. The summed E-state index contributed by atoms with van der Waals surface area (Å²) in [5.41, 5.74) is 8.82. The van der Waals surface area contributed by atoms with Crippen molar-refractivity contribution in [3.63, 3.8) is 0 Å². The molecule has 0 aliphatic heterocycles. The highest BCUT2D eigenvalue weighted by Gasteiger charge is 2.32. The molecule has 0 spiro atoms. The molecule has 0 amide bonds. The van der Waals surface area contributed by atoms with E-state index in [0.29, 0.717) is 25.0 Å². The molecule has 2 aromatic rings. The fraction of sp³-hybridized carbons (Fsp3) is 0.286. The highest BCUT2D eigenvalue weighted by Crippen LogP contribution is 2.34. The molecule has 0 radical (unpaired) electrons. The Bertz CT molecular complexity index is 970. The topological polar surface area (TPSA) is 107 Å². The van der Waals surface area contributed by atoms with E-state index in [9.17, 15) is 13.2 Å². The van der Waals surface area contributed by atoms with E-state index in [1.807, 2.05) is 36.4 Å². The molecule has 1 aliphatic rings. The van der Waals surface area contributed by atoms with Gasteiger partial charge in [0.2, 0.25) is 0 Å². The number of aliphatic carboxylic acids is 1. The maximum Gasteiger partial charge on any atom is 0.341 e. The maximum atomic E-state index is 12.7. The second kappa shape index (κ2) is 8.58. The number of rotatable bonds is 7. The molecule has 0 fully saturated rings. The van der Waals surface area contributed by atoms with E-state index in [-0.39, 0.29) is 5.92 Å². The van der Waals surface area contributed by atoms with E-state index in [1.165, 1.54) is 5.41 Å². The monoisotopic (exact) mass is 401 g/mol. The number of carboxylic acid groups (broad SMARTS) is 1. The van der Waals surface area contributed by atoms with Gasteiger partial charge >= 0.3 is 5.97 Å². The second-order valence-electron chi connectivity index (χ2n) is 6.85. The van der Waals surface area contributed by atoms with Crippen LogP contribution in [-0.2, 0) is 27.5 Å². The molecule has 1 aliphatic carbocycles. The van der Waals surface area contributed by atoms with E-state index in [2.05, 4.69) is 0 Å². The highest BCUT2D eigenvalue weighted by atomic mass is 32.2. The zero-order valence-corrected chi connectivity index (χ0v) is 16.1. The number of carboxylic acids is 1. The van der Waals surface area contributed by atoms with E-state index >= 15 is 0 Å². The highest BCUT2D eigenvalue weighted by molar-refractivity contribution is 7.95. The number of carbonyl (C=O) groups is 1. The number of sulfone groups is 1. The molecular formula is C21H23NO5S. The summed E-state index contributed by atoms with van der Waals surface area (Å²) in [4.78, 5) is 10.7. The normalized spacial score (nSPS) is 17.8. The Morgan fingerprint density at radius 2 is 1.96 bits per heavy atom. The molecular weight excluding hydrogens is 378 g/mol. The lowest BCUT2D eigenvalue weighted by atomic mass is 9.83. The third-order valence-corrected chi connectivity index (χ3v) is 6.58. The van der Waals surface area contributed by atoms with Crippen molar-refractivity contribution < 1.29 is 23.1 Å². The van der Waals surface area contributed by atoms with Crippen LogP contribution in [0.3, 0.4) is 0 Å². The van der Waals surface area contributed by atoms with Gasteiger partial charge in [0.15, 0.2) is 16.4 Å². The Morgan fingerprint density at radius 3 is 2.68 bits per heavy atom. The minimum Gasteiger partial charge on any atom is -0.482 e. The van der Waals surface area contributed by atoms with Crippen LogP contribution in [0, 0.1) is 5.92 Å². The molecule has 0 saturated heterocycles. The molecule has 0 aromatic heterocycles. The number of benzene rings is 2. The average molecular weight is 401 g/mol. The van der Waals surface area contributed by atoms with Gasteiger partial charge in [-0.15, -0.1) is 0 Å². The third kappa shape index (κ3) is 4.79. The summed E-state index contributed by atoms with van der Waals surface area (Å²) in [5, 5.41) is 8.99. The van der Waals surface area contributed by atoms with Crippen LogP contribution >= 0.6 is 0 Å². The Hall–Kier alpha value is -2.64. The number of hydrogen-bond donors (Lipinski definition) is 2. The lowest BCUT2D eigenvalue weighted by molar-refractivity contribution is -0.139. The summed E-state index contributed by atoms with van der Waals surface area (Å²) >= 11 is 0. The van der Waals surface area contributed by atoms with Crippen LogP contribution in [-0.4, -0.2) is 31.5 Å². The van der Waals surface area contributed by atoms with Crippen LogP contribution in [0.1, 0.15) is 23.1 Å². The van der Waals surface area contributed by atoms with Crippen LogP contribution in [0.25, 0.3) is 6.08 Å². The SMILES string of the molecule is NC(C1CCc2c(cccc2OCC(=O)O)C1)S(=O)(=O)/C=C/c1ccccc1. The van der Waals surface area contributed by atoms with E-state index in [4.69, 9.17) is 15.6 Å². The van der Waals surface area contributed by atoms with Gasteiger partial charge in [0.05, 0.1) is 0 Å². The zero-order chi connectivity index (χ0) is 20.1. The summed E-state index contributed by atoms with van der Waals surface area (Å²) in [6.45, 7) is -0.405. The Balaban J connectivity index is 1.73. The van der Waals surface area contributed by atoms with Gasteiger partial charge in [0.1, 0.15) is 11.1 Å². The van der Waals surface area contributed by atoms with Gasteiger partial charge < -0.3 is 15.6 Å². The third-order valence-electron chi connectivity index (χ3n) is 4.92. The first-order valence-electron chi connectivity index (χ1n) is 9.05. The first kappa shape index (κ1) is 20.1. The van der Waals surface area contributed by atoms with Crippen molar-refractivity contribution in [2.24, 2.45) is 11.7 Å². The Morgan fingerprint density at radius 1 is 1.21 bits per heavy atom. The summed E-state index contributed by atoms with van der Waals surface area (Å²) in [6.07, 6.45) is 3.27. The predicted octanol–water partition coefficient (Wildman–Crippen LogP) is 2.63. The zero-order valence-electron chi connectivity index (χ0n) is 15.3. The maximum absolute atomic E-state index is 12.7. The first-order valence-corrected chi connectivity index (χ1v) is 10.7. The summed E-state index contributed by atoms with van der Waals surface area (Å²) in [5.74, 6) is -0.712. The molecule has 0 saturated carbocycles. The van der Waals surface area contributed by atoms with Crippen molar-refractivity contribution in [2.45, 2.75) is 24.6 Å². The fourth-order valence-corrected chi connectivity index (χ4v) is 4.75. The molecule has 28 heavy (non-hydrogen) atoms. The smallest absolute Gasteiger partial charge is 0.341 e. The number of nitrogens with two attached hydrogens (primary N) is 1. The van der Waals surface area contributed by atoms with Crippen molar-refractivity contribution in [3.05, 3.63) is 70.6 Å². The van der Waals surface area contributed by atoms with Crippen molar-refractivity contribution in [1.29, 1.82) is 0 Å². The number of ether oxygens (including phenoxy) is 1. The van der Waals surface area contributed by atoms with Gasteiger partial charge in [0.25, 0.3) is 0 Å². The van der Waals surface area contributed by atoms with Gasteiger partial charge in [0, 0.05) is 5.41 Å². The van der Waals surface area contributed by atoms with E-state index < -0.39 is 27.8 Å². The summed E-state index contributed by atoms with van der Waals surface area (Å²) < 4.78 is 30.7. The second-order valence-corrected chi connectivity index (χ2v) is 8.84. The molecule has 3 rings (SSSR count). The lowest BCUT2D eigenvalue weighted by Crippen LogP contribution is -2.39. The van der Waals surface area contributed by atoms with Gasteiger partial charge in [-0.1, -0.05) is 42.5 Å². The van der Waals surface area contributed by atoms with Crippen molar-refractivity contribution in [2.75, 3.05) is 6.61 Å². The number of fused-ring (bicyclic) bond motifs is 1. The van der Waals surface area contributed by atoms with Gasteiger partial charge in [-0.3, -0.25) is 0 Å². The standard InChI is InChI=1S/C21H23NO5S/c22-21(28(25,26)12-11-15-5-2-1-3-6-15)17-9-10-18-16(13-17)7-4-8-19(18)27-14-20(23)24/h1-8,11-12,17,21H,9-10,13-14,22H2,(H,23,24)/b12-11+. The predicted molar refractivity (Wildman–Crippen MR) is 107 cm³/mol. The van der Waals surface area contributed by atoms with Crippen LogP contribution in [0.2, 0.25) is 0 Å². The van der Waals surface area contributed by atoms with Gasteiger partial charge in [-0.2, -0.15) is 0 Å². The Kier molecular flexibility index (Phi) is 6.16. The number of hydrogen-bond acceptors (Lipinski definition) is 5. The van der Waals surface area contributed by atoms with Crippen LogP contribution in [0.4, 0.5) is 0 Å². The van der Waals surface area contributed by atoms with Crippen LogP contribution < -0.4 is 10.5 Å². The average Bonchev–Trinajstić information content (AvgIpc) is 2.70. The lowest BCUT2D eigenvalue weighted by Gasteiger charge is -2.29. The minimum atomic E-state index is -3.60. The molecule has 2 atom stereocenters. The molecule has 0 heterocycles. The van der Waals surface area contributed by atoms with Crippen molar-refractivity contribution >= 4 is 21.9 Å². The molecule has 0 bridgehead atoms. The van der Waals surface area contributed by atoms with Gasteiger partial charge in [-0.25, -0.2) is 13.2 Å². The molecule has 7 heteroatoms. The largest absolute Gasteiger partial charge is 0.482 e. The quantitative estimate of drug-likeness (QED) is 0.739. The summed E-state index contributed by atoms with van der Waals surface area (Å²) in [6, 6.07) is 14.6. The molecule has 3 N–H and O–H groups in total. The first-order chi connectivity index (χ1) is 13.4. The molecule has 6 nitrogen and oxygen atoms in total. The minimum absolute atomic E-state index is 0.215. The van der Waals surface area contributed by atoms with Crippen molar-refractivity contribution in [1.82, 2.24) is 0 Å². The van der Waals surface area contributed by atoms with Crippen LogP contribution in [0.5, 0.6) is 5.75 Å². The Labute approximate surface area is 164 Å². The van der Waals surface area contributed by atoms with Gasteiger partial charge in [-0.05, 0) is 54.0 Å². The molecule has 2 unspecified atom stereocenters. The van der Waals surface area contributed by atoms with Crippen LogP contribution in [0.15, 0.2) is 53.9 Å². The van der Waals surface area contributed by atoms with E-state index in [0.717, 1.165) is 16.7 Å².